The third-order valence-electron chi connectivity index (χ3n) is 4.77. The Morgan fingerprint density at radius 2 is 1.81 bits per heavy atom. The van der Waals surface area contributed by atoms with Gasteiger partial charge in [-0.15, -0.1) is 0 Å². The van der Waals surface area contributed by atoms with Gasteiger partial charge >= 0.3 is 0 Å². The van der Waals surface area contributed by atoms with Crippen LogP contribution in [0.4, 0.5) is 0 Å². The Hall–Kier alpha value is -0.210. The highest BCUT2D eigenvalue weighted by atomic mass is 32.2. The predicted molar refractivity (Wildman–Crippen MR) is 83.2 cm³/mol. The molecule has 0 amide bonds. The zero-order chi connectivity index (χ0) is 15.5. The Balaban J connectivity index is 2.10. The van der Waals surface area contributed by atoms with Gasteiger partial charge in [-0.25, -0.2) is 0 Å². The third-order valence-corrected chi connectivity index (χ3v) is 6.86. The van der Waals surface area contributed by atoms with E-state index in [1.165, 1.54) is 0 Å². The van der Waals surface area contributed by atoms with Gasteiger partial charge in [-0.05, 0) is 45.2 Å². The van der Waals surface area contributed by atoms with Crippen molar-refractivity contribution >= 4 is 10.2 Å². The van der Waals surface area contributed by atoms with Gasteiger partial charge in [-0.3, -0.25) is 0 Å². The maximum atomic E-state index is 12.9. The molecule has 0 saturated carbocycles. The molecule has 1 N–H and O–H groups in total. The number of hydrogen-bond acceptors (Lipinski definition) is 4. The summed E-state index contributed by atoms with van der Waals surface area (Å²) in [4.78, 5) is 2.22. The molecular weight excluding hydrogens is 290 g/mol. The van der Waals surface area contributed by atoms with Gasteiger partial charge in [0.15, 0.2) is 0 Å². The van der Waals surface area contributed by atoms with E-state index in [0.717, 1.165) is 38.8 Å². The van der Waals surface area contributed by atoms with Crippen LogP contribution >= 0.6 is 0 Å². The van der Waals surface area contributed by atoms with E-state index < -0.39 is 10.2 Å². The normalized spacial score (nSPS) is 28.6. The van der Waals surface area contributed by atoms with E-state index >= 15 is 0 Å². The zero-order valence-corrected chi connectivity index (χ0v) is 14.1. The fourth-order valence-electron chi connectivity index (χ4n) is 3.33. The largest absolute Gasteiger partial charge is 0.396 e. The van der Waals surface area contributed by atoms with Gasteiger partial charge < -0.3 is 10.0 Å². The van der Waals surface area contributed by atoms with Crippen molar-refractivity contribution < 1.29 is 13.5 Å². The lowest BCUT2D eigenvalue weighted by atomic mass is 10.00. The summed E-state index contributed by atoms with van der Waals surface area (Å²) < 4.78 is 29.2. The first-order valence-electron chi connectivity index (χ1n) is 8.05. The zero-order valence-electron chi connectivity index (χ0n) is 13.2. The number of aliphatic hydroxyl groups is 1. The Morgan fingerprint density at radius 3 is 2.38 bits per heavy atom. The van der Waals surface area contributed by atoms with Crippen LogP contribution in [0.15, 0.2) is 0 Å². The average Bonchev–Trinajstić information content (AvgIpc) is 2.68. The molecule has 1 unspecified atom stereocenters. The van der Waals surface area contributed by atoms with Gasteiger partial charge in [0.1, 0.15) is 0 Å². The molecule has 2 aliphatic rings. The molecule has 1 atom stereocenters. The molecule has 21 heavy (non-hydrogen) atoms. The van der Waals surface area contributed by atoms with Crippen LogP contribution in [0.2, 0.25) is 0 Å². The highest BCUT2D eigenvalue weighted by Gasteiger charge is 2.37. The lowest BCUT2D eigenvalue weighted by Crippen LogP contribution is -2.52. The first-order chi connectivity index (χ1) is 9.98. The van der Waals surface area contributed by atoms with Gasteiger partial charge in [-0.2, -0.15) is 17.0 Å². The second kappa shape index (κ2) is 7.37. The van der Waals surface area contributed by atoms with Crippen molar-refractivity contribution in [1.82, 2.24) is 13.5 Å². The molecule has 0 aliphatic carbocycles. The molecule has 2 aliphatic heterocycles. The van der Waals surface area contributed by atoms with E-state index in [0.29, 0.717) is 19.6 Å². The second-order valence-corrected chi connectivity index (χ2v) is 8.20. The monoisotopic (exact) mass is 319 g/mol. The van der Waals surface area contributed by atoms with E-state index in [2.05, 4.69) is 18.9 Å². The summed E-state index contributed by atoms with van der Waals surface area (Å²) in [5.74, 6) is 0.258. The minimum Gasteiger partial charge on any atom is -0.396 e. The van der Waals surface area contributed by atoms with Crippen molar-refractivity contribution in [3.05, 3.63) is 0 Å². The Morgan fingerprint density at radius 1 is 1.14 bits per heavy atom. The summed E-state index contributed by atoms with van der Waals surface area (Å²) in [6, 6.07) is 0.0677. The minimum atomic E-state index is -3.37. The van der Waals surface area contributed by atoms with E-state index in [-0.39, 0.29) is 18.6 Å². The van der Waals surface area contributed by atoms with Gasteiger partial charge in [0.25, 0.3) is 10.2 Å². The van der Waals surface area contributed by atoms with Crippen molar-refractivity contribution in [3.8, 4) is 0 Å². The number of aliphatic hydroxyl groups excluding tert-OH is 1. The third kappa shape index (κ3) is 3.96. The molecule has 0 aromatic heterocycles. The van der Waals surface area contributed by atoms with E-state index in [4.69, 9.17) is 0 Å². The summed E-state index contributed by atoms with van der Waals surface area (Å²) in [7, 11) is -1.31. The van der Waals surface area contributed by atoms with Crippen LogP contribution in [-0.4, -0.2) is 79.5 Å². The lowest BCUT2D eigenvalue weighted by Gasteiger charge is -2.37. The smallest absolute Gasteiger partial charge is 0.282 e. The van der Waals surface area contributed by atoms with Gasteiger partial charge in [0.05, 0.1) is 0 Å². The molecule has 0 radical (unpaired) electrons. The average molecular weight is 319 g/mol. The molecule has 0 spiro atoms. The maximum Gasteiger partial charge on any atom is 0.282 e. The number of likely N-dealkylation sites (N-methyl/N-ethyl adjacent to an activating group) is 1. The summed E-state index contributed by atoms with van der Waals surface area (Å²) >= 11 is 0. The quantitative estimate of drug-likeness (QED) is 0.812. The second-order valence-electron chi connectivity index (χ2n) is 6.32. The molecule has 6 nitrogen and oxygen atoms in total. The lowest BCUT2D eigenvalue weighted by molar-refractivity contribution is 0.163. The Kier molecular flexibility index (Phi) is 6.02. The van der Waals surface area contributed by atoms with Crippen molar-refractivity contribution in [2.24, 2.45) is 5.92 Å². The minimum absolute atomic E-state index is 0.0677. The molecule has 0 aromatic rings. The van der Waals surface area contributed by atoms with Crippen LogP contribution in [-0.2, 0) is 10.2 Å². The number of nitrogens with zero attached hydrogens (tertiary/aromatic N) is 3. The Bertz CT molecular complexity index is 421. The summed E-state index contributed by atoms with van der Waals surface area (Å²) in [6.07, 6.45) is 3.26. The van der Waals surface area contributed by atoms with Crippen molar-refractivity contribution in [2.75, 3.05) is 46.4 Å². The van der Waals surface area contributed by atoms with E-state index in [1.807, 2.05) is 0 Å². The van der Waals surface area contributed by atoms with Crippen LogP contribution in [0.25, 0.3) is 0 Å². The molecule has 0 aromatic carbocycles. The molecule has 2 heterocycles. The van der Waals surface area contributed by atoms with E-state index in [1.54, 1.807) is 8.61 Å². The molecule has 124 valence electrons. The summed E-state index contributed by atoms with van der Waals surface area (Å²) in [5.41, 5.74) is 0. The molecule has 7 heteroatoms. The number of hydrogen-bond donors (Lipinski definition) is 1. The summed E-state index contributed by atoms with van der Waals surface area (Å²) in [6.45, 7) is 5.68. The predicted octanol–water partition coefficient (Wildman–Crippen LogP) is 0.352. The highest BCUT2D eigenvalue weighted by molar-refractivity contribution is 7.86. The van der Waals surface area contributed by atoms with Crippen molar-refractivity contribution in [3.63, 3.8) is 0 Å². The van der Waals surface area contributed by atoms with Gasteiger partial charge in [0, 0.05) is 38.8 Å². The Labute approximate surface area is 128 Å². The van der Waals surface area contributed by atoms with E-state index in [9.17, 15) is 13.5 Å². The fraction of sp³-hybridized carbons (Fsp3) is 1.00. The first kappa shape index (κ1) is 17.1. The highest BCUT2D eigenvalue weighted by Crippen LogP contribution is 2.24. The van der Waals surface area contributed by atoms with Crippen LogP contribution < -0.4 is 0 Å². The fourth-order valence-corrected chi connectivity index (χ4v) is 5.25. The van der Waals surface area contributed by atoms with Gasteiger partial charge in [-0.1, -0.05) is 6.92 Å². The molecular formula is C14H29N3O3S. The van der Waals surface area contributed by atoms with Crippen LogP contribution in [0.3, 0.4) is 0 Å². The van der Waals surface area contributed by atoms with Crippen LogP contribution in [0.5, 0.6) is 0 Å². The number of piperidine rings is 1. The number of rotatable bonds is 4. The topological polar surface area (TPSA) is 64.1 Å². The molecule has 2 rings (SSSR count). The molecule has 2 saturated heterocycles. The standard InChI is InChI=1S/C14H29N3O3S/c1-3-14-11-15(2)7-4-8-17(14)21(19,20)16-9-5-13(12-18)6-10-16/h13-14,18H,3-12H2,1-2H3. The first-order valence-corrected chi connectivity index (χ1v) is 9.45. The molecule has 0 bridgehead atoms. The van der Waals surface area contributed by atoms with Crippen molar-refractivity contribution in [2.45, 2.75) is 38.6 Å². The van der Waals surface area contributed by atoms with Crippen molar-refractivity contribution in [1.29, 1.82) is 0 Å². The SMILES string of the molecule is CCC1CN(C)CCCN1S(=O)(=O)N1CCC(CO)CC1. The van der Waals surface area contributed by atoms with Gasteiger partial charge in [0.2, 0.25) is 0 Å². The van der Waals surface area contributed by atoms with Crippen LogP contribution in [0, 0.1) is 5.92 Å². The maximum absolute atomic E-state index is 12.9. The molecule has 2 fully saturated rings. The summed E-state index contributed by atoms with van der Waals surface area (Å²) in [5, 5.41) is 9.19. The van der Waals surface area contributed by atoms with Crippen LogP contribution in [0.1, 0.15) is 32.6 Å².